The predicted molar refractivity (Wildman–Crippen MR) is 86.9 cm³/mol. The lowest BCUT2D eigenvalue weighted by Gasteiger charge is -2.28. The van der Waals surface area contributed by atoms with Gasteiger partial charge in [0, 0.05) is 26.3 Å². The number of hydrogen-bond acceptors (Lipinski definition) is 4. The number of carbonyl (C=O) groups is 2. The van der Waals surface area contributed by atoms with Gasteiger partial charge in [0.2, 0.25) is 11.9 Å². The Morgan fingerprint density at radius 3 is 2.96 bits per heavy atom. The van der Waals surface area contributed by atoms with Crippen molar-refractivity contribution in [3.63, 3.8) is 0 Å². The van der Waals surface area contributed by atoms with E-state index in [-0.39, 0.29) is 37.3 Å². The fourth-order valence-corrected chi connectivity index (χ4v) is 3.50. The third-order valence-electron chi connectivity index (χ3n) is 4.76. The summed E-state index contributed by atoms with van der Waals surface area (Å²) in [6, 6.07) is 2.88. The summed E-state index contributed by atoms with van der Waals surface area (Å²) in [5.74, 6) is -1.79. The third-order valence-corrected chi connectivity index (χ3v) is 4.98. The van der Waals surface area contributed by atoms with E-state index in [4.69, 9.17) is 16.3 Å². The minimum Gasteiger partial charge on any atom is -0.378 e. The first kappa shape index (κ1) is 16.3. The summed E-state index contributed by atoms with van der Waals surface area (Å²) < 4.78 is 21.3. The zero-order valence-electron chi connectivity index (χ0n) is 13.5. The van der Waals surface area contributed by atoms with Gasteiger partial charge in [0.25, 0.3) is 5.91 Å². The molecule has 0 spiro atoms. The topological polar surface area (TPSA) is 67.2 Å². The van der Waals surface area contributed by atoms with Crippen molar-refractivity contribution in [2.24, 2.45) is 5.92 Å². The average Bonchev–Trinajstić information content (AvgIpc) is 2.76. The zero-order chi connectivity index (χ0) is 17.7. The van der Waals surface area contributed by atoms with E-state index < -0.39 is 17.8 Å². The van der Waals surface area contributed by atoms with Gasteiger partial charge in [-0.2, -0.15) is 4.39 Å². The van der Waals surface area contributed by atoms with Crippen LogP contribution < -0.4 is 0 Å². The smallest absolute Gasteiger partial charge is 0.277 e. The summed E-state index contributed by atoms with van der Waals surface area (Å²) in [5.41, 5.74) is 0.0371. The molecular weight excluding hydrogens is 351 g/mol. The van der Waals surface area contributed by atoms with Gasteiger partial charge in [0.05, 0.1) is 30.2 Å². The van der Waals surface area contributed by atoms with Crippen LogP contribution in [0.4, 0.5) is 4.39 Å². The molecule has 2 fully saturated rings. The van der Waals surface area contributed by atoms with Crippen molar-refractivity contribution in [3.8, 4) is 0 Å². The molecule has 25 heavy (non-hydrogen) atoms. The van der Waals surface area contributed by atoms with Gasteiger partial charge in [-0.15, -0.1) is 0 Å². The maximum atomic E-state index is 14.7. The van der Waals surface area contributed by atoms with Crippen LogP contribution in [0.2, 0.25) is 5.02 Å². The Hall–Kier alpha value is -2.19. The summed E-state index contributed by atoms with van der Waals surface area (Å²) in [5, 5.41) is 0.344. The van der Waals surface area contributed by atoms with E-state index in [1.807, 2.05) is 0 Å². The quantitative estimate of drug-likeness (QED) is 0.757. The Balaban J connectivity index is 1.69. The zero-order valence-corrected chi connectivity index (χ0v) is 14.2. The summed E-state index contributed by atoms with van der Waals surface area (Å²) in [4.78, 5) is 32.5. The molecule has 4 rings (SSSR count). The van der Waals surface area contributed by atoms with Crippen molar-refractivity contribution in [2.75, 3.05) is 33.4 Å². The number of imidazole rings is 1. The number of fused-ring (bicyclic) bond motifs is 4. The molecular formula is C16H16ClFN4O3. The number of likely N-dealkylation sites (N-methyl/N-ethyl adjacent to an activating group) is 1. The number of carbonyl (C=O) groups excluding carboxylic acids is 2. The maximum Gasteiger partial charge on any atom is 0.277 e. The molecule has 9 heteroatoms. The highest BCUT2D eigenvalue weighted by Gasteiger charge is 2.40. The summed E-state index contributed by atoms with van der Waals surface area (Å²) >= 11 is 5.88. The van der Waals surface area contributed by atoms with Gasteiger partial charge < -0.3 is 14.5 Å². The van der Waals surface area contributed by atoms with Gasteiger partial charge in [-0.3, -0.25) is 14.0 Å². The Bertz CT molecular complexity index is 870. The van der Waals surface area contributed by atoms with Gasteiger partial charge in [-0.25, -0.2) is 4.98 Å². The minimum absolute atomic E-state index is 0.0555. The number of ether oxygens (including phenoxy) is 1. The van der Waals surface area contributed by atoms with Gasteiger partial charge in [0.15, 0.2) is 5.69 Å². The highest BCUT2D eigenvalue weighted by Crippen LogP contribution is 2.22. The van der Waals surface area contributed by atoms with E-state index in [2.05, 4.69) is 4.98 Å². The molecule has 2 amide bonds. The van der Waals surface area contributed by atoms with E-state index >= 15 is 0 Å². The van der Waals surface area contributed by atoms with E-state index in [1.54, 1.807) is 24.1 Å². The molecule has 0 N–H and O–H groups in total. The van der Waals surface area contributed by atoms with E-state index in [9.17, 15) is 14.0 Å². The molecule has 2 aliphatic heterocycles. The second-order valence-corrected chi connectivity index (χ2v) is 6.81. The molecule has 2 aromatic rings. The Morgan fingerprint density at radius 1 is 1.36 bits per heavy atom. The summed E-state index contributed by atoms with van der Waals surface area (Å²) in [6.07, 6.45) is 1.37. The van der Waals surface area contributed by atoms with Gasteiger partial charge in [-0.1, -0.05) is 11.6 Å². The van der Waals surface area contributed by atoms with Crippen LogP contribution in [0, 0.1) is 11.9 Å². The number of amides is 2. The first-order valence-electron chi connectivity index (χ1n) is 7.92. The number of pyridine rings is 1. The lowest BCUT2D eigenvalue weighted by Crippen LogP contribution is -2.45. The fraction of sp³-hybridized carbons (Fsp3) is 0.438. The summed E-state index contributed by atoms with van der Waals surface area (Å²) in [6.45, 7) is 1.08. The fourth-order valence-electron chi connectivity index (χ4n) is 3.34. The van der Waals surface area contributed by atoms with E-state index in [1.165, 1.54) is 11.1 Å². The summed E-state index contributed by atoms with van der Waals surface area (Å²) in [7, 11) is 1.70. The molecule has 2 aromatic heterocycles. The molecule has 0 unspecified atom stereocenters. The first-order valence-corrected chi connectivity index (χ1v) is 8.30. The molecule has 0 saturated carbocycles. The average molecular weight is 367 g/mol. The highest BCUT2D eigenvalue weighted by molar-refractivity contribution is 6.30. The maximum absolute atomic E-state index is 14.7. The SMILES string of the molecule is CN1C(=O)[C@H]2COC[C@@H]1CN(C(=O)c1nc3ccc(Cl)cn3c1F)C2. The lowest BCUT2D eigenvalue weighted by atomic mass is 10.1. The Morgan fingerprint density at radius 2 is 2.16 bits per heavy atom. The monoisotopic (exact) mass is 366 g/mol. The minimum atomic E-state index is -0.757. The van der Waals surface area contributed by atoms with Gasteiger partial charge in [0.1, 0.15) is 5.65 Å². The first-order chi connectivity index (χ1) is 12.0. The van der Waals surface area contributed by atoms with Crippen molar-refractivity contribution in [1.29, 1.82) is 0 Å². The highest BCUT2D eigenvalue weighted by atomic mass is 35.5. The molecule has 7 nitrogen and oxygen atoms in total. The molecule has 0 aliphatic carbocycles. The van der Waals surface area contributed by atoms with Gasteiger partial charge in [-0.05, 0) is 12.1 Å². The number of halogens is 2. The third kappa shape index (κ3) is 2.65. The molecule has 2 atom stereocenters. The van der Waals surface area contributed by atoms with Crippen molar-refractivity contribution in [2.45, 2.75) is 6.04 Å². The van der Waals surface area contributed by atoms with Crippen molar-refractivity contribution < 1.29 is 18.7 Å². The van der Waals surface area contributed by atoms with E-state index in [0.29, 0.717) is 17.3 Å². The lowest BCUT2D eigenvalue weighted by molar-refractivity contribution is -0.133. The number of rotatable bonds is 1. The Kier molecular flexibility index (Phi) is 3.88. The molecule has 4 heterocycles. The second-order valence-electron chi connectivity index (χ2n) is 6.37. The van der Waals surface area contributed by atoms with Crippen LogP contribution in [0.25, 0.3) is 5.65 Å². The van der Waals surface area contributed by atoms with Crippen LogP contribution in [0.1, 0.15) is 10.5 Å². The number of hydrogen-bond donors (Lipinski definition) is 0. The molecule has 2 bridgehead atoms. The molecule has 0 radical (unpaired) electrons. The van der Waals surface area contributed by atoms with E-state index in [0.717, 1.165) is 4.40 Å². The Labute approximate surface area is 147 Å². The molecule has 132 valence electrons. The number of aromatic nitrogens is 2. The largest absolute Gasteiger partial charge is 0.378 e. The molecule has 2 aliphatic rings. The normalized spacial score (nSPS) is 23.9. The van der Waals surface area contributed by atoms with Crippen molar-refractivity contribution in [3.05, 3.63) is 35.0 Å². The molecule has 0 aromatic carbocycles. The number of nitrogens with zero attached hydrogens (tertiary/aromatic N) is 4. The van der Waals surface area contributed by atoms with Gasteiger partial charge >= 0.3 is 0 Å². The van der Waals surface area contributed by atoms with Crippen LogP contribution in [-0.2, 0) is 9.53 Å². The van der Waals surface area contributed by atoms with Crippen LogP contribution in [0.5, 0.6) is 0 Å². The predicted octanol–water partition coefficient (Wildman–Crippen LogP) is 1.06. The molecule has 2 saturated heterocycles. The van der Waals surface area contributed by atoms with Crippen molar-refractivity contribution in [1.82, 2.24) is 19.2 Å². The van der Waals surface area contributed by atoms with Crippen LogP contribution >= 0.6 is 11.6 Å². The second kappa shape index (κ2) is 5.96. The van der Waals surface area contributed by atoms with Crippen LogP contribution in [0.15, 0.2) is 18.3 Å². The van der Waals surface area contributed by atoms with Crippen LogP contribution in [0.3, 0.4) is 0 Å². The standard InChI is InChI=1S/C16H16ClFN4O3/c1-20-11-6-21(4-9(15(20)23)7-25-8-11)16(24)13-14(18)22-5-10(17)2-3-12(22)19-13/h2-3,5,9,11H,4,6-8H2,1H3/t9-,11+/m1/s1. The van der Waals surface area contributed by atoms with Crippen LogP contribution in [-0.4, -0.2) is 70.4 Å². The van der Waals surface area contributed by atoms with Crippen molar-refractivity contribution >= 4 is 29.1 Å².